The van der Waals surface area contributed by atoms with Gasteiger partial charge >= 0.3 is 5.97 Å². The first-order valence-corrected chi connectivity index (χ1v) is 7.00. The lowest BCUT2D eigenvalue weighted by atomic mass is 10.1. The summed E-state index contributed by atoms with van der Waals surface area (Å²) in [6.45, 7) is 0.665. The Hall–Kier alpha value is -1.76. The molecule has 0 aliphatic carbocycles. The van der Waals surface area contributed by atoms with Crippen molar-refractivity contribution in [2.45, 2.75) is 18.1 Å². The van der Waals surface area contributed by atoms with Crippen LogP contribution in [0.5, 0.6) is 0 Å². The second-order valence-corrected chi connectivity index (χ2v) is 5.72. The molecule has 1 saturated heterocycles. The van der Waals surface area contributed by atoms with Crippen LogP contribution in [0, 0.1) is 10.1 Å². The minimum atomic E-state index is -1.17. The largest absolute Gasteiger partial charge is 0.478 e. The third-order valence-electron chi connectivity index (χ3n) is 2.99. The van der Waals surface area contributed by atoms with Crippen LogP contribution in [0.2, 0.25) is 0 Å². The van der Waals surface area contributed by atoms with Crippen LogP contribution in [0.25, 0.3) is 0 Å². The summed E-state index contributed by atoms with van der Waals surface area (Å²) in [5.74, 6) is -0.0344. The van der Waals surface area contributed by atoms with E-state index in [1.54, 1.807) is 0 Å². The zero-order valence-electron chi connectivity index (χ0n) is 10.2. The number of benzene rings is 1. The Morgan fingerprint density at radius 3 is 2.95 bits per heavy atom. The highest BCUT2D eigenvalue weighted by Gasteiger charge is 2.20. The van der Waals surface area contributed by atoms with Crippen molar-refractivity contribution in [1.29, 1.82) is 0 Å². The topological polar surface area (TPSA) is 92.5 Å². The number of carbonyl (C=O) groups is 1. The molecule has 0 aromatic heterocycles. The molecular weight excluding hydrogens is 268 g/mol. The summed E-state index contributed by atoms with van der Waals surface area (Å²) < 4.78 is 0. The Balaban J connectivity index is 2.14. The summed E-state index contributed by atoms with van der Waals surface area (Å²) >= 11 is 1.86. The number of carboxylic acids is 1. The molecule has 1 aromatic rings. The number of hydrogen-bond donors (Lipinski definition) is 2. The maximum absolute atomic E-state index is 11.0. The third-order valence-corrected chi connectivity index (χ3v) is 4.38. The predicted molar refractivity (Wildman–Crippen MR) is 74.0 cm³/mol. The minimum Gasteiger partial charge on any atom is -0.478 e. The Morgan fingerprint density at radius 2 is 2.37 bits per heavy atom. The molecule has 7 heteroatoms. The van der Waals surface area contributed by atoms with Gasteiger partial charge in [0.15, 0.2) is 0 Å². The highest BCUT2D eigenvalue weighted by molar-refractivity contribution is 8.00. The average Bonchev–Trinajstić information content (AvgIpc) is 2.89. The van der Waals surface area contributed by atoms with E-state index in [1.165, 1.54) is 18.6 Å². The molecule has 2 N–H and O–H groups in total. The van der Waals surface area contributed by atoms with Gasteiger partial charge < -0.3 is 10.4 Å². The first kappa shape index (κ1) is 13.7. The van der Waals surface area contributed by atoms with E-state index in [1.807, 2.05) is 11.8 Å². The second-order valence-electron chi connectivity index (χ2n) is 4.31. The fourth-order valence-corrected chi connectivity index (χ4v) is 3.20. The first-order chi connectivity index (χ1) is 9.08. The Morgan fingerprint density at radius 1 is 1.58 bits per heavy atom. The zero-order chi connectivity index (χ0) is 13.8. The molecule has 6 nitrogen and oxygen atoms in total. The number of rotatable bonds is 5. The van der Waals surface area contributed by atoms with Crippen LogP contribution in [0.4, 0.5) is 11.4 Å². The number of anilines is 1. The highest BCUT2D eigenvalue weighted by Crippen LogP contribution is 2.29. The minimum absolute atomic E-state index is 0.0764. The van der Waals surface area contributed by atoms with Crippen molar-refractivity contribution in [3.8, 4) is 0 Å². The summed E-state index contributed by atoms with van der Waals surface area (Å²) in [5, 5.41) is 23.3. The monoisotopic (exact) mass is 282 g/mol. The van der Waals surface area contributed by atoms with Crippen molar-refractivity contribution in [2.24, 2.45) is 0 Å². The molecule has 2 rings (SSSR count). The van der Waals surface area contributed by atoms with Crippen molar-refractivity contribution in [3.05, 3.63) is 33.9 Å². The van der Waals surface area contributed by atoms with E-state index in [-0.39, 0.29) is 11.3 Å². The van der Waals surface area contributed by atoms with E-state index in [0.717, 1.165) is 18.2 Å². The molecule has 0 saturated carbocycles. The Labute approximate surface area is 114 Å². The molecule has 1 fully saturated rings. The zero-order valence-corrected chi connectivity index (χ0v) is 11.0. The molecular formula is C12H14N2O4S. The van der Waals surface area contributed by atoms with Crippen LogP contribution in [-0.2, 0) is 0 Å². The molecule has 0 bridgehead atoms. The van der Waals surface area contributed by atoms with Crippen LogP contribution < -0.4 is 5.32 Å². The molecule has 102 valence electrons. The number of thioether (sulfide) groups is 1. The van der Waals surface area contributed by atoms with Crippen LogP contribution in [0.15, 0.2) is 18.2 Å². The molecule has 1 unspecified atom stereocenters. The quantitative estimate of drug-likeness (QED) is 0.637. The van der Waals surface area contributed by atoms with Crippen molar-refractivity contribution < 1.29 is 14.8 Å². The molecule has 1 aliphatic rings. The summed E-state index contributed by atoms with van der Waals surface area (Å²) in [7, 11) is 0. The van der Waals surface area contributed by atoms with Gasteiger partial charge in [-0.1, -0.05) is 0 Å². The van der Waals surface area contributed by atoms with Crippen LogP contribution in [-0.4, -0.2) is 33.5 Å². The fraction of sp³-hybridized carbons (Fsp3) is 0.417. The van der Waals surface area contributed by atoms with Gasteiger partial charge in [-0.05, 0) is 30.7 Å². The number of carboxylic acid groups (broad SMARTS) is 1. The maximum Gasteiger partial charge on any atom is 0.335 e. The SMILES string of the molecule is O=C(O)c1ccc(NCC2CCCS2)c([N+](=O)[O-])c1. The highest BCUT2D eigenvalue weighted by atomic mass is 32.2. The van der Waals surface area contributed by atoms with Crippen molar-refractivity contribution in [3.63, 3.8) is 0 Å². The van der Waals surface area contributed by atoms with Crippen molar-refractivity contribution in [2.75, 3.05) is 17.6 Å². The van der Waals surface area contributed by atoms with E-state index < -0.39 is 10.9 Å². The Bertz CT molecular complexity index is 501. The van der Waals surface area contributed by atoms with Gasteiger partial charge in [0.2, 0.25) is 0 Å². The fourth-order valence-electron chi connectivity index (χ4n) is 1.99. The molecule has 0 spiro atoms. The van der Waals surface area contributed by atoms with Crippen molar-refractivity contribution in [1.82, 2.24) is 0 Å². The third kappa shape index (κ3) is 3.37. The number of nitro groups is 1. The number of hydrogen-bond acceptors (Lipinski definition) is 5. The summed E-state index contributed by atoms with van der Waals surface area (Å²) in [4.78, 5) is 21.2. The van der Waals surface area contributed by atoms with E-state index in [9.17, 15) is 14.9 Å². The average molecular weight is 282 g/mol. The van der Waals surface area contributed by atoms with E-state index in [2.05, 4.69) is 5.32 Å². The molecule has 1 aliphatic heterocycles. The van der Waals surface area contributed by atoms with Gasteiger partial charge in [-0.25, -0.2) is 4.79 Å². The van der Waals surface area contributed by atoms with Crippen LogP contribution in [0.1, 0.15) is 23.2 Å². The van der Waals surface area contributed by atoms with Gasteiger partial charge in [-0.3, -0.25) is 10.1 Å². The predicted octanol–water partition coefficient (Wildman–Crippen LogP) is 2.60. The van der Waals surface area contributed by atoms with E-state index in [0.29, 0.717) is 17.5 Å². The molecule has 19 heavy (non-hydrogen) atoms. The standard InChI is InChI=1S/C12H14N2O4S/c15-12(16)8-3-4-10(11(6-8)14(17)18)13-7-9-2-1-5-19-9/h3-4,6,9,13H,1-2,5,7H2,(H,15,16). The van der Waals surface area contributed by atoms with Gasteiger partial charge in [0.05, 0.1) is 10.5 Å². The summed E-state index contributed by atoms with van der Waals surface area (Å²) in [5.41, 5.74) is 0.109. The molecule has 1 aromatic carbocycles. The Kier molecular flexibility index (Phi) is 4.26. The van der Waals surface area contributed by atoms with Crippen LogP contribution >= 0.6 is 11.8 Å². The van der Waals surface area contributed by atoms with E-state index >= 15 is 0 Å². The van der Waals surface area contributed by atoms with Gasteiger partial charge in [0, 0.05) is 17.9 Å². The van der Waals surface area contributed by atoms with E-state index in [4.69, 9.17) is 5.11 Å². The number of aromatic carboxylic acids is 1. The van der Waals surface area contributed by atoms with Gasteiger partial charge in [-0.2, -0.15) is 11.8 Å². The lowest BCUT2D eigenvalue weighted by Gasteiger charge is -2.11. The molecule has 1 heterocycles. The van der Waals surface area contributed by atoms with Gasteiger partial charge in [-0.15, -0.1) is 0 Å². The maximum atomic E-state index is 11.0. The molecule has 0 amide bonds. The summed E-state index contributed by atoms with van der Waals surface area (Å²) in [6, 6.07) is 3.92. The smallest absolute Gasteiger partial charge is 0.335 e. The lowest BCUT2D eigenvalue weighted by Crippen LogP contribution is -2.14. The number of nitrogens with one attached hydrogen (secondary N) is 1. The van der Waals surface area contributed by atoms with Gasteiger partial charge in [0.25, 0.3) is 5.69 Å². The van der Waals surface area contributed by atoms with Crippen LogP contribution in [0.3, 0.4) is 0 Å². The molecule has 0 radical (unpaired) electrons. The molecule has 1 atom stereocenters. The lowest BCUT2D eigenvalue weighted by molar-refractivity contribution is -0.384. The number of nitrogens with zero attached hydrogens (tertiary/aromatic N) is 1. The second kappa shape index (κ2) is 5.92. The van der Waals surface area contributed by atoms with Crippen molar-refractivity contribution >= 4 is 29.1 Å². The summed E-state index contributed by atoms with van der Waals surface area (Å²) in [6.07, 6.45) is 2.29. The number of nitro benzene ring substituents is 1. The van der Waals surface area contributed by atoms with Gasteiger partial charge in [0.1, 0.15) is 5.69 Å². The normalized spacial score (nSPS) is 18.2. The first-order valence-electron chi connectivity index (χ1n) is 5.95.